The Kier molecular flexibility index (Phi) is 7.96. The van der Waals surface area contributed by atoms with Crippen LogP contribution < -0.4 is 10.2 Å². The number of hydrazone groups is 1. The highest BCUT2D eigenvalue weighted by Crippen LogP contribution is 2.29. The maximum atomic E-state index is 12.2. The number of hydrogen-bond acceptors (Lipinski definition) is 5. The fourth-order valence-electron chi connectivity index (χ4n) is 2.68. The smallest absolute Gasteiger partial charge is 0.271 e. The molecule has 0 aromatic heterocycles. The molecule has 0 aliphatic carbocycles. The molecule has 0 saturated carbocycles. The van der Waals surface area contributed by atoms with Gasteiger partial charge in [0.05, 0.1) is 18.3 Å². The molecule has 7 nitrogen and oxygen atoms in total. The van der Waals surface area contributed by atoms with Crippen LogP contribution in [0.4, 0.5) is 5.69 Å². The number of carbonyl (C=O) groups is 1. The molecule has 0 aliphatic rings. The largest absolute Gasteiger partial charge is 0.487 e. The summed E-state index contributed by atoms with van der Waals surface area (Å²) in [6, 6.07) is 17.4. The molecule has 0 fully saturated rings. The predicted molar refractivity (Wildman–Crippen MR) is 136 cm³/mol. The van der Waals surface area contributed by atoms with Crippen LogP contribution >= 0.6 is 45.2 Å². The second-order valence-corrected chi connectivity index (χ2v) is 8.92. The van der Waals surface area contributed by atoms with Crippen LogP contribution in [0.3, 0.4) is 0 Å². The zero-order chi connectivity index (χ0) is 22.4. The van der Waals surface area contributed by atoms with E-state index in [9.17, 15) is 14.9 Å². The van der Waals surface area contributed by atoms with E-state index in [0.717, 1.165) is 29.6 Å². The molecule has 0 heterocycles. The zero-order valence-electron chi connectivity index (χ0n) is 16.3. The van der Waals surface area contributed by atoms with Gasteiger partial charge in [-0.1, -0.05) is 17.7 Å². The van der Waals surface area contributed by atoms with Crippen molar-refractivity contribution in [3.05, 3.63) is 100 Å². The van der Waals surface area contributed by atoms with Crippen molar-refractivity contribution in [1.29, 1.82) is 0 Å². The van der Waals surface area contributed by atoms with E-state index in [1.807, 2.05) is 31.2 Å². The molecule has 0 unspecified atom stereocenters. The average molecular weight is 641 g/mol. The maximum Gasteiger partial charge on any atom is 0.271 e. The highest BCUT2D eigenvalue weighted by Gasteiger charge is 2.10. The first-order valence-corrected chi connectivity index (χ1v) is 11.2. The van der Waals surface area contributed by atoms with Crippen LogP contribution in [-0.2, 0) is 6.61 Å². The van der Waals surface area contributed by atoms with Gasteiger partial charge in [-0.25, -0.2) is 5.43 Å². The van der Waals surface area contributed by atoms with Crippen LogP contribution in [0.15, 0.2) is 65.8 Å². The number of hydrogen-bond donors (Lipinski definition) is 1. The molecule has 1 N–H and O–H groups in total. The third-order valence-corrected chi connectivity index (χ3v) is 5.81. The Bertz CT molecular complexity index is 1120. The lowest BCUT2D eigenvalue weighted by molar-refractivity contribution is -0.384. The monoisotopic (exact) mass is 641 g/mol. The highest BCUT2D eigenvalue weighted by atomic mass is 127. The Balaban J connectivity index is 1.63. The molecule has 0 aliphatic heterocycles. The molecule has 0 spiro atoms. The molecule has 1 amide bonds. The number of ether oxygens (including phenoxy) is 1. The Morgan fingerprint density at radius 1 is 1.13 bits per heavy atom. The minimum Gasteiger partial charge on any atom is -0.487 e. The van der Waals surface area contributed by atoms with Crippen molar-refractivity contribution in [3.63, 3.8) is 0 Å². The molecular formula is C22H17I2N3O4. The lowest BCUT2D eigenvalue weighted by atomic mass is 10.1. The number of nitrogens with zero attached hydrogens (tertiary/aromatic N) is 2. The van der Waals surface area contributed by atoms with Gasteiger partial charge in [-0.2, -0.15) is 5.10 Å². The fraction of sp³-hybridized carbons (Fsp3) is 0.0909. The van der Waals surface area contributed by atoms with Gasteiger partial charge in [0.25, 0.3) is 11.6 Å². The summed E-state index contributed by atoms with van der Waals surface area (Å²) in [5, 5.41) is 14.8. The van der Waals surface area contributed by atoms with E-state index in [1.165, 1.54) is 12.1 Å². The van der Waals surface area contributed by atoms with Crippen molar-refractivity contribution in [2.45, 2.75) is 13.5 Å². The lowest BCUT2D eigenvalue weighted by Crippen LogP contribution is -2.17. The highest BCUT2D eigenvalue weighted by molar-refractivity contribution is 14.1. The summed E-state index contributed by atoms with van der Waals surface area (Å²) in [6.07, 6.45) is 1.58. The van der Waals surface area contributed by atoms with E-state index in [2.05, 4.69) is 55.7 Å². The van der Waals surface area contributed by atoms with E-state index >= 15 is 0 Å². The summed E-state index contributed by atoms with van der Waals surface area (Å²) < 4.78 is 7.70. The van der Waals surface area contributed by atoms with Gasteiger partial charge in [0.1, 0.15) is 12.4 Å². The number of amides is 1. The van der Waals surface area contributed by atoms with Gasteiger partial charge in [-0.15, -0.1) is 0 Å². The SMILES string of the molecule is Cc1cccc(C(=O)NN=Cc2cc(I)c(OCc3ccc([N+](=O)[O-])cc3)c(I)c2)c1. The zero-order valence-corrected chi connectivity index (χ0v) is 20.7. The minimum absolute atomic E-state index is 0.0473. The first-order valence-electron chi connectivity index (χ1n) is 9.09. The van der Waals surface area contributed by atoms with E-state index in [1.54, 1.807) is 30.5 Å². The first kappa shape index (κ1) is 23.1. The summed E-state index contributed by atoms with van der Waals surface area (Å²) in [5.41, 5.74) is 5.79. The summed E-state index contributed by atoms with van der Waals surface area (Å²) >= 11 is 4.36. The molecule has 0 radical (unpaired) electrons. The predicted octanol–water partition coefficient (Wildman–Crippen LogP) is 5.46. The van der Waals surface area contributed by atoms with Gasteiger partial charge < -0.3 is 4.74 Å². The van der Waals surface area contributed by atoms with Crippen LogP contribution in [0.1, 0.15) is 27.0 Å². The fourth-order valence-corrected chi connectivity index (χ4v) is 4.81. The van der Waals surface area contributed by atoms with Crippen LogP contribution in [0.2, 0.25) is 0 Å². The maximum absolute atomic E-state index is 12.2. The number of non-ortho nitro benzene ring substituents is 1. The van der Waals surface area contributed by atoms with Gasteiger partial charge in [-0.3, -0.25) is 14.9 Å². The van der Waals surface area contributed by atoms with Crippen LogP contribution in [0, 0.1) is 24.2 Å². The molecule has 158 valence electrons. The van der Waals surface area contributed by atoms with Crippen molar-refractivity contribution >= 4 is 63.0 Å². The Morgan fingerprint density at radius 3 is 2.42 bits per heavy atom. The van der Waals surface area contributed by atoms with Crippen molar-refractivity contribution in [2.75, 3.05) is 0 Å². The molecule has 3 aromatic rings. The molecule has 0 saturated heterocycles. The number of aryl methyl sites for hydroxylation is 1. The summed E-state index contributed by atoms with van der Waals surface area (Å²) in [5.74, 6) is 0.452. The second-order valence-electron chi connectivity index (χ2n) is 6.59. The Labute approximate surface area is 206 Å². The lowest BCUT2D eigenvalue weighted by Gasteiger charge is -2.11. The Morgan fingerprint density at radius 2 is 1.81 bits per heavy atom. The van der Waals surface area contributed by atoms with Crippen molar-refractivity contribution in [1.82, 2.24) is 5.43 Å². The van der Waals surface area contributed by atoms with E-state index in [0.29, 0.717) is 12.2 Å². The summed E-state index contributed by atoms with van der Waals surface area (Å²) in [7, 11) is 0. The number of nitro benzene ring substituents is 1. The minimum atomic E-state index is -0.430. The molecule has 9 heteroatoms. The van der Waals surface area contributed by atoms with Gasteiger partial charge in [0.15, 0.2) is 0 Å². The third-order valence-electron chi connectivity index (χ3n) is 4.21. The van der Waals surface area contributed by atoms with Crippen LogP contribution in [0.25, 0.3) is 0 Å². The van der Waals surface area contributed by atoms with Crippen molar-refractivity contribution < 1.29 is 14.5 Å². The van der Waals surface area contributed by atoms with E-state index in [-0.39, 0.29) is 11.6 Å². The molecule has 0 bridgehead atoms. The number of nitrogens with one attached hydrogen (secondary N) is 1. The van der Waals surface area contributed by atoms with E-state index < -0.39 is 4.92 Å². The number of carbonyl (C=O) groups excluding carboxylic acids is 1. The second kappa shape index (κ2) is 10.7. The molecule has 3 rings (SSSR count). The van der Waals surface area contributed by atoms with E-state index in [4.69, 9.17) is 4.74 Å². The quantitative estimate of drug-likeness (QED) is 0.161. The van der Waals surface area contributed by atoms with Crippen molar-refractivity contribution in [2.24, 2.45) is 5.10 Å². The summed E-state index contributed by atoms with van der Waals surface area (Å²) in [6.45, 7) is 2.22. The Hall–Kier alpha value is -2.54. The van der Waals surface area contributed by atoms with Crippen molar-refractivity contribution in [3.8, 4) is 5.75 Å². The average Bonchev–Trinajstić information content (AvgIpc) is 2.73. The first-order chi connectivity index (χ1) is 14.8. The molecule has 0 atom stereocenters. The van der Waals surface area contributed by atoms with Gasteiger partial charge in [0.2, 0.25) is 0 Å². The van der Waals surface area contributed by atoms with Crippen LogP contribution in [0.5, 0.6) is 5.75 Å². The van der Waals surface area contributed by atoms with Gasteiger partial charge >= 0.3 is 0 Å². The van der Waals surface area contributed by atoms with Gasteiger partial charge in [0, 0.05) is 17.7 Å². The topological polar surface area (TPSA) is 93.8 Å². The normalized spacial score (nSPS) is 10.8. The molecule has 3 aromatic carbocycles. The standard InChI is InChI=1S/C22H17I2N3O4/c1-14-3-2-4-17(9-14)22(28)26-25-12-16-10-19(23)21(20(24)11-16)31-13-15-5-7-18(8-6-15)27(29)30/h2-12H,13H2,1H3,(H,26,28). The van der Waals surface area contributed by atoms with Crippen LogP contribution in [-0.4, -0.2) is 17.0 Å². The van der Waals surface area contributed by atoms with Gasteiger partial charge in [-0.05, 0) is 99.6 Å². The number of rotatable bonds is 7. The number of benzene rings is 3. The summed E-state index contributed by atoms with van der Waals surface area (Å²) in [4.78, 5) is 22.5. The number of nitro groups is 1. The third kappa shape index (κ3) is 6.47. The molecule has 31 heavy (non-hydrogen) atoms. The molecular weight excluding hydrogens is 624 g/mol. The number of halogens is 2.